The normalized spacial score (nSPS) is 24.5. The maximum Gasteiger partial charge on any atom is 0.0376 e. The Morgan fingerprint density at radius 2 is 1.95 bits per heavy atom. The van der Waals surface area contributed by atoms with E-state index in [0.717, 1.165) is 18.4 Å². The van der Waals surface area contributed by atoms with Crippen LogP contribution in [0.1, 0.15) is 49.7 Å². The molecule has 0 bridgehead atoms. The SMILES string of the molecule is CC(C)c1ccc2c(c1)C(C1CCN(C)CC1)CN2. The van der Waals surface area contributed by atoms with Crippen LogP contribution in [0.5, 0.6) is 0 Å². The van der Waals surface area contributed by atoms with E-state index in [-0.39, 0.29) is 0 Å². The first kappa shape index (κ1) is 13.0. The molecule has 2 nitrogen and oxygen atoms in total. The molecular weight excluding hydrogens is 232 g/mol. The number of fused-ring (bicyclic) bond motifs is 1. The summed E-state index contributed by atoms with van der Waals surface area (Å²) >= 11 is 0. The molecule has 3 rings (SSSR count). The number of rotatable bonds is 2. The highest BCUT2D eigenvalue weighted by molar-refractivity contribution is 5.59. The molecule has 2 aliphatic heterocycles. The van der Waals surface area contributed by atoms with Gasteiger partial charge in [0.2, 0.25) is 0 Å². The highest BCUT2D eigenvalue weighted by atomic mass is 15.1. The Morgan fingerprint density at radius 3 is 2.63 bits per heavy atom. The Labute approximate surface area is 117 Å². The molecule has 1 saturated heterocycles. The van der Waals surface area contributed by atoms with Gasteiger partial charge in [0.1, 0.15) is 0 Å². The fourth-order valence-electron chi connectivity index (χ4n) is 3.59. The van der Waals surface area contributed by atoms with Crippen LogP contribution >= 0.6 is 0 Å². The quantitative estimate of drug-likeness (QED) is 0.871. The Morgan fingerprint density at radius 1 is 1.21 bits per heavy atom. The fourth-order valence-corrected chi connectivity index (χ4v) is 3.59. The van der Waals surface area contributed by atoms with Gasteiger partial charge in [-0.2, -0.15) is 0 Å². The zero-order valence-corrected chi connectivity index (χ0v) is 12.4. The van der Waals surface area contributed by atoms with Crippen molar-refractivity contribution in [1.29, 1.82) is 0 Å². The van der Waals surface area contributed by atoms with Crippen molar-refractivity contribution in [3.63, 3.8) is 0 Å². The maximum absolute atomic E-state index is 3.61. The predicted molar refractivity (Wildman–Crippen MR) is 82.0 cm³/mol. The molecule has 0 spiro atoms. The van der Waals surface area contributed by atoms with Crippen molar-refractivity contribution in [2.24, 2.45) is 5.92 Å². The number of hydrogen-bond acceptors (Lipinski definition) is 2. The highest BCUT2D eigenvalue weighted by Gasteiger charge is 2.31. The fraction of sp³-hybridized carbons (Fsp3) is 0.647. The van der Waals surface area contributed by atoms with E-state index in [1.54, 1.807) is 5.56 Å². The van der Waals surface area contributed by atoms with Gasteiger partial charge in [-0.05, 0) is 62.0 Å². The first-order valence-corrected chi connectivity index (χ1v) is 7.71. The lowest BCUT2D eigenvalue weighted by atomic mass is 9.80. The monoisotopic (exact) mass is 258 g/mol. The van der Waals surface area contributed by atoms with Crippen LogP contribution in [0.3, 0.4) is 0 Å². The molecule has 1 aromatic rings. The van der Waals surface area contributed by atoms with Gasteiger partial charge in [-0.25, -0.2) is 0 Å². The molecule has 1 atom stereocenters. The van der Waals surface area contributed by atoms with Crippen LogP contribution in [0.25, 0.3) is 0 Å². The van der Waals surface area contributed by atoms with Crippen LogP contribution in [-0.2, 0) is 0 Å². The molecule has 0 radical (unpaired) electrons. The van der Waals surface area contributed by atoms with Gasteiger partial charge >= 0.3 is 0 Å². The zero-order valence-electron chi connectivity index (χ0n) is 12.4. The van der Waals surface area contributed by atoms with E-state index in [4.69, 9.17) is 0 Å². The second-order valence-corrected chi connectivity index (χ2v) is 6.63. The minimum Gasteiger partial charge on any atom is -0.384 e. The lowest BCUT2D eigenvalue weighted by Gasteiger charge is -2.32. The molecule has 0 amide bonds. The van der Waals surface area contributed by atoms with Crippen molar-refractivity contribution in [3.8, 4) is 0 Å². The number of anilines is 1. The smallest absolute Gasteiger partial charge is 0.0376 e. The third-order valence-corrected chi connectivity index (χ3v) is 4.99. The van der Waals surface area contributed by atoms with E-state index >= 15 is 0 Å². The molecule has 0 aromatic heterocycles. The van der Waals surface area contributed by atoms with E-state index in [1.165, 1.54) is 37.2 Å². The van der Waals surface area contributed by atoms with Crippen molar-refractivity contribution in [3.05, 3.63) is 29.3 Å². The summed E-state index contributed by atoms with van der Waals surface area (Å²) in [5, 5.41) is 3.61. The summed E-state index contributed by atoms with van der Waals surface area (Å²) in [6.07, 6.45) is 2.71. The third-order valence-electron chi connectivity index (χ3n) is 4.99. The average Bonchev–Trinajstić information content (AvgIpc) is 2.82. The van der Waals surface area contributed by atoms with Crippen molar-refractivity contribution in [2.75, 3.05) is 32.0 Å². The second-order valence-electron chi connectivity index (χ2n) is 6.63. The molecule has 0 saturated carbocycles. The van der Waals surface area contributed by atoms with Gasteiger partial charge in [-0.1, -0.05) is 26.0 Å². The molecule has 104 valence electrons. The molecule has 2 heteroatoms. The summed E-state index contributed by atoms with van der Waals surface area (Å²) in [4.78, 5) is 2.46. The molecule has 0 aliphatic carbocycles. The minimum absolute atomic E-state index is 0.629. The van der Waals surface area contributed by atoms with Gasteiger partial charge in [-0.15, -0.1) is 0 Å². The highest BCUT2D eigenvalue weighted by Crippen LogP contribution is 2.41. The van der Waals surface area contributed by atoms with Crippen LogP contribution in [0, 0.1) is 5.92 Å². The summed E-state index contributed by atoms with van der Waals surface area (Å²) < 4.78 is 0. The minimum atomic E-state index is 0.629. The Bertz CT molecular complexity index is 445. The number of nitrogens with one attached hydrogen (secondary N) is 1. The van der Waals surface area contributed by atoms with Crippen LogP contribution < -0.4 is 5.32 Å². The van der Waals surface area contributed by atoms with Gasteiger partial charge in [-0.3, -0.25) is 0 Å². The Hall–Kier alpha value is -1.02. The standard InChI is InChI=1S/C17H26N2/c1-12(2)14-4-5-17-15(10-14)16(11-18-17)13-6-8-19(3)9-7-13/h4-5,10,12-13,16,18H,6-9,11H2,1-3H3. The van der Waals surface area contributed by atoms with Gasteiger partial charge in [0, 0.05) is 18.2 Å². The summed E-state index contributed by atoms with van der Waals surface area (Å²) in [6.45, 7) is 8.25. The van der Waals surface area contributed by atoms with E-state index in [0.29, 0.717) is 5.92 Å². The van der Waals surface area contributed by atoms with Gasteiger partial charge in [0.15, 0.2) is 0 Å². The zero-order chi connectivity index (χ0) is 13.4. The number of benzene rings is 1. The van der Waals surface area contributed by atoms with Crippen molar-refractivity contribution >= 4 is 5.69 Å². The number of nitrogens with zero attached hydrogens (tertiary/aromatic N) is 1. The van der Waals surface area contributed by atoms with Gasteiger partial charge in [0.25, 0.3) is 0 Å². The van der Waals surface area contributed by atoms with Gasteiger partial charge < -0.3 is 10.2 Å². The van der Waals surface area contributed by atoms with E-state index < -0.39 is 0 Å². The number of piperidine rings is 1. The Kier molecular flexibility index (Phi) is 3.53. The van der Waals surface area contributed by atoms with Crippen LogP contribution in [0.2, 0.25) is 0 Å². The molecule has 1 fully saturated rings. The lowest BCUT2D eigenvalue weighted by Crippen LogP contribution is -2.33. The molecule has 1 aromatic carbocycles. The maximum atomic E-state index is 3.61. The van der Waals surface area contributed by atoms with Crippen molar-refractivity contribution < 1.29 is 0 Å². The first-order chi connectivity index (χ1) is 9.15. The van der Waals surface area contributed by atoms with Gasteiger partial charge in [0.05, 0.1) is 0 Å². The van der Waals surface area contributed by atoms with Crippen molar-refractivity contribution in [2.45, 2.75) is 38.5 Å². The first-order valence-electron chi connectivity index (χ1n) is 7.71. The predicted octanol–water partition coefficient (Wildman–Crippen LogP) is 3.66. The van der Waals surface area contributed by atoms with E-state index in [2.05, 4.69) is 49.3 Å². The number of hydrogen-bond donors (Lipinski definition) is 1. The van der Waals surface area contributed by atoms with E-state index in [9.17, 15) is 0 Å². The number of likely N-dealkylation sites (tertiary alicyclic amines) is 1. The summed E-state index contributed by atoms with van der Waals surface area (Å²) in [7, 11) is 2.24. The lowest BCUT2D eigenvalue weighted by molar-refractivity contribution is 0.202. The van der Waals surface area contributed by atoms with Crippen molar-refractivity contribution in [1.82, 2.24) is 4.90 Å². The summed E-state index contributed by atoms with van der Waals surface area (Å²) in [6, 6.07) is 7.04. The molecule has 19 heavy (non-hydrogen) atoms. The van der Waals surface area contributed by atoms with Crippen LogP contribution in [0.4, 0.5) is 5.69 Å². The topological polar surface area (TPSA) is 15.3 Å². The molecule has 1 N–H and O–H groups in total. The average molecular weight is 258 g/mol. The molecule has 2 heterocycles. The molecule has 2 aliphatic rings. The largest absolute Gasteiger partial charge is 0.384 e. The Balaban J connectivity index is 1.82. The van der Waals surface area contributed by atoms with Crippen LogP contribution in [0.15, 0.2) is 18.2 Å². The summed E-state index contributed by atoms with van der Waals surface area (Å²) in [5.41, 5.74) is 4.45. The second kappa shape index (κ2) is 5.16. The molecular formula is C17H26N2. The van der Waals surface area contributed by atoms with Crippen LogP contribution in [-0.4, -0.2) is 31.6 Å². The molecule has 1 unspecified atom stereocenters. The van der Waals surface area contributed by atoms with E-state index in [1.807, 2.05) is 0 Å². The summed E-state index contributed by atoms with van der Waals surface area (Å²) in [5.74, 6) is 2.24. The third kappa shape index (κ3) is 2.51.